The van der Waals surface area contributed by atoms with Crippen LogP contribution in [0.5, 0.6) is 5.88 Å². The Balaban J connectivity index is 2.72. The summed E-state index contributed by atoms with van der Waals surface area (Å²) in [5, 5.41) is 3.09. The first-order valence-electron chi connectivity index (χ1n) is 4.97. The monoisotopic (exact) mass is 243 g/mol. The van der Waals surface area contributed by atoms with Gasteiger partial charge in [0.15, 0.2) is 0 Å². The highest BCUT2D eigenvalue weighted by Gasteiger charge is 2.07. The van der Waals surface area contributed by atoms with E-state index in [9.17, 15) is 4.21 Å². The van der Waals surface area contributed by atoms with Crippen molar-refractivity contribution in [1.29, 1.82) is 0 Å². The average Bonchev–Trinajstić information content (AvgIpc) is 2.14. The topological polar surface area (TPSA) is 64.1 Å². The molecule has 0 aliphatic carbocycles. The average molecular weight is 243 g/mol. The van der Waals surface area contributed by atoms with Gasteiger partial charge in [-0.25, -0.2) is 4.98 Å². The van der Waals surface area contributed by atoms with Gasteiger partial charge in [-0.3, -0.25) is 4.21 Å². The summed E-state index contributed by atoms with van der Waals surface area (Å²) >= 11 is 0. The van der Waals surface area contributed by atoms with Crippen molar-refractivity contribution in [2.45, 2.75) is 19.9 Å². The predicted octanol–water partition coefficient (Wildman–Crippen LogP) is 0.973. The maximum Gasteiger partial charge on any atom is 0.226 e. The van der Waals surface area contributed by atoms with Crippen LogP contribution in [0.25, 0.3) is 0 Å². The molecule has 2 unspecified atom stereocenters. The third kappa shape index (κ3) is 4.14. The van der Waals surface area contributed by atoms with Gasteiger partial charge in [-0.05, 0) is 13.8 Å². The molecule has 1 heterocycles. The van der Waals surface area contributed by atoms with Crippen LogP contribution in [-0.4, -0.2) is 39.3 Å². The second kappa shape index (κ2) is 5.79. The van der Waals surface area contributed by atoms with Crippen LogP contribution in [0, 0.1) is 6.92 Å². The third-order valence-corrected chi connectivity index (χ3v) is 2.87. The third-order valence-electron chi connectivity index (χ3n) is 1.90. The fourth-order valence-corrected chi connectivity index (χ4v) is 2.11. The largest absolute Gasteiger partial charge is 0.481 e. The maximum absolute atomic E-state index is 11.0. The molecule has 0 saturated heterocycles. The summed E-state index contributed by atoms with van der Waals surface area (Å²) in [6.07, 6.45) is 1.68. The zero-order valence-corrected chi connectivity index (χ0v) is 10.8. The molecule has 16 heavy (non-hydrogen) atoms. The molecule has 0 aliphatic rings. The zero-order chi connectivity index (χ0) is 12.1. The number of hydrogen-bond acceptors (Lipinski definition) is 5. The van der Waals surface area contributed by atoms with Gasteiger partial charge in [0.2, 0.25) is 11.8 Å². The molecule has 0 aliphatic heterocycles. The minimum Gasteiger partial charge on any atom is -0.481 e. The van der Waals surface area contributed by atoms with Crippen molar-refractivity contribution in [2.24, 2.45) is 0 Å². The van der Waals surface area contributed by atoms with Crippen molar-refractivity contribution in [1.82, 2.24) is 9.97 Å². The van der Waals surface area contributed by atoms with E-state index in [1.807, 2.05) is 13.8 Å². The van der Waals surface area contributed by atoms with E-state index in [0.29, 0.717) is 17.6 Å². The summed E-state index contributed by atoms with van der Waals surface area (Å²) in [5.74, 6) is 1.61. The van der Waals surface area contributed by atoms with Crippen LogP contribution in [-0.2, 0) is 10.8 Å². The van der Waals surface area contributed by atoms with Crippen LogP contribution >= 0.6 is 0 Å². The number of ether oxygens (including phenoxy) is 1. The molecule has 1 aromatic rings. The predicted molar refractivity (Wildman–Crippen MR) is 65.3 cm³/mol. The smallest absolute Gasteiger partial charge is 0.226 e. The number of aromatic nitrogens is 2. The van der Waals surface area contributed by atoms with Gasteiger partial charge in [-0.15, -0.1) is 0 Å². The standard InChI is InChI=1S/C10H17N3O2S/c1-7-5-9(15-3)13-10(11-7)12-8(2)6-16(4)14/h5,8H,6H2,1-4H3,(H,11,12,13). The van der Waals surface area contributed by atoms with Gasteiger partial charge in [-0.1, -0.05) is 0 Å². The molecule has 90 valence electrons. The summed E-state index contributed by atoms with van der Waals surface area (Å²) in [4.78, 5) is 8.38. The lowest BCUT2D eigenvalue weighted by molar-refractivity contribution is 0.397. The van der Waals surface area contributed by atoms with E-state index in [-0.39, 0.29) is 6.04 Å². The first-order chi connectivity index (χ1) is 7.51. The lowest BCUT2D eigenvalue weighted by atomic mass is 10.4. The number of nitrogens with one attached hydrogen (secondary N) is 1. The molecule has 0 spiro atoms. The lowest BCUT2D eigenvalue weighted by Crippen LogP contribution is -2.23. The van der Waals surface area contributed by atoms with Gasteiger partial charge < -0.3 is 10.1 Å². The minimum absolute atomic E-state index is 0.0670. The SMILES string of the molecule is COc1cc(C)nc(NC(C)CS(C)=O)n1. The van der Waals surface area contributed by atoms with Crippen LogP contribution in [0.15, 0.2) is 6.07 Å². The number of nitrogens with zero attached hydrogens (tertiary/aromatic N) is 2. The normalized spacial score (nSPS) is 14.2. The molecular formula is C10H17N3O2S. The number of hydrogen-bond donors (Lipinski definition) is 1. The Kier molecular flexibility index (Phi) is 4.67. The van der Waals surface area contributed by atoms with Crippen LogP contribution in [0.1, 0.15) is 12.6 Å². The molecule has 0 saturated carbocycles. The van der Waals surface area contributed by atoms with Crippen molar-refractivity contribution < 1.29 is 8.95 Å². The number of methoxy groups -OCH3 is 1. The summed E-state index contributed by atoms with van der Waals surface area (Å²) in [6, 6.07) is 1.82. The van der Waals surface area contributed by atoms with Crippen molar-refractivity contribution >= 4 is 16.7 Å². The van der Waals surface area contributed by atoms with Crippen LogP contribution in [0.2, 0.25) is 0 Å². The Morgan fingerprint density at radius 2 is 2.25 bits per heavy atom. The van der Waals surface area contributed by atoms with Gasteiger partial charge in [0.05, 0.1) is 7.11 Å². The van der Waals surface area contributed by atoms with E-state index in [1.54, 1.807) is 19.4 Å². The zero-order valence-electron chi connectivity index (χ0n) is 9.98. The number of aryl methyl sites for hydroxylation is 1. The Morgan fingerprint density at radius 1 is 1.56 bits per heavy atom. The highest BCUT2D eigenvalue weighted by Crippen LogP contribution is 2.11. The van der Waals surface area contributed by atoms with Gasteiger partial charge >= 0.3 is 0 Å². The number of anilines is 1. The Morgan fingerprint density at radius 3 is 2.81 bits per heavy atom. The molecule has 0 fully saturated rings. The second-order valence-corrected chi connectivity index (χ2v) is 5.14. The first-order valence-corrected chi connectivity index (χ1v) is 6.70. The fourth-order valence-electron chi connectivity index (χ4n) is 1.32. The van der Waals surface area contributed by atoms with Crippen molar-refractivity contribution in [2.75, 3.05) is 24.4 Å². The molecular weight excluding hydrogens is 226 g/mol. The molecule has 1 N–H and O–H groups in total. The fraction of sp³-hybridized carbons (Fsp3) is 0.600. The number of rotatable bonds is 5. The minimum atomic E-state index is -0.831. The Hall–Kier alpha value is -1.17. The molecule has 5 nitrogen and oxygen atoms in total. The van der Waals surface area contributed by atoms with Crippen LogP contribution < -0.4 is 10.1 Å². The highest BCUT2D eigenvalue weighted by atomic mass is 32.2. The summed E-state index contributed by atoms with van der Waals surface area (Å²) in [6.45, 7) is 3.82. The Labute approximate surface area is 98.1 Å². The van der Waals surface area contributed by atoms with Crippen LogP contribution in [0.3, 0.4) is 0 Å². The van der Waals surface area contributed by atoms with Gasteiger partial charge in [0.25, 0.3) is 0 Å². The lowest BCUT2D eigenvalue weighted by Gasteiger charge is -2.13. The maximum atomic E-state index is 11.0. The second-order valence-electron chi connectivity index (χ2n) is 3.66. The first kappa shape index (κ1) is 12.9. The van der Waals surface area contributed by atoms with E-state index in [1.165, 1.54) is 0 Å². The van der Waals surface area contributed by atoms with Crippen molar-refractivity contribution in [3.63, 3.8) is 0 Å². The molecule has 0 amide bonds. The van der Waals surface area contributed by atoms with E-state index < -0.39 is 10.8 Å². The molecule has 1 rings (SSSR count). The van der Waals surface area contributed by atoms with Gasteiger partial charge in [0.1, 0.15) is 0 Å². The summed E-state index contributed by atoms with van der Waals surface area (Å²) in [5.41, 5.74) is 0.833. The quantitative estimate of drug-likeness (QED) is 0.835. The molecule has 0 radical (unpaired) electrons. The van der Waals surface area contributed by atoms with E-state index in [0.717, 1.165) is 5.69 Å². The van der Waals surface area contributed by atoms with Gasteiger partial charge in [0, 0.05) is 40.6 Å². The molecule has 1 aromatic heterocycles. The van der Waals surface area contributed by atoms with Crippen molar-refractivity contribution in [3.8, 4) is 5.88 Å². The molecule has 6 heteroatoms. The molecule has 2 atom stereocenters. The van der Waals surface area contributed by atoms with Crippen LogP contribution in [0.4, 0.5) is 5.95 Å². The summed E-state index contributed by atoms with van der Waals surface area (Å²) in [7, 11) is 0.734. The van der Waals surface area contributed by atoms with E-state index in [4.69, 9.17) is 4.74 Å². The van der Waals surface area contributed by atoms with E-state index in [2.05, 4.69) is 15.3 Å². The van der Waals surface area contributed by atoms with E-state index >= 15 is 0 Å². The molecule has 0 aromatic carbocycles. The van der Waals surface area contributed by atoms with Crippen molar-refractivity contribution in [3.05, 3.63) is 11.8 Å². The highest BCUT2D eigenvalue weighted by molar-refractivity contribution is 7.84. The molecule has 0 bridgehead atoms. The van der Waals surface area contributed by atoms with Gasteiger partial charge in [-0.2, -0.15) is 4.98 Å². The Bertz CT molecular complexity index is 384. The summed E-state index contributed by atoms with van der Waals surface area (Å²) < 4.78 is 16.1.